The quantitative estimate of drug-likeness (QED) is 0.866. The molecule has 1 aromatic heterocycles. The van der Waals surface area contributed by atoms with Crippen LogP contribution in [0.25, 0.3) is 0 Å². The third kappa shape index (κ3) is 2.68. The summed E-state index contributed by atoms with van der Waals surface area (Å²) in [5.41, 5.74) is 0. The first-order valence-corrected chi connectivity index (χ1v) is 8.38. The first-order chi connectivity index (χ1) is 9.98. The summed E-state index contributed by atoms with van der Waals surface area (Å²) in [6.07, 6.45) is 1.42. The molecule has 2 aromatic rings. The number of sulfonamides is 1. The number of nitrogens with zero attached hydrogens (tertiary/aromatic N) is 3. The molecule has 1 aromatic carbocycles. The Kier molecular flexibility index (Phi) is 3.73. The van der Waals surface area contributed by atoms with Gasteiger partial charge < -0.3 is 4.52 Å². The van der Waals surface area contributed by atoms with Gasteiger partial charge in [0, 0.05) is 11.6 Å². The average molecular weight is 328 g/mol. The van der Waals surface area contributed by atoms with Gasteiger partial charge in [0.25, 0.3) is 0 Å². The first kappa shape index (κ1) is 14.5. The van der Waals surface area contributed by atoms with Crippen LogP contribution < -0.4 is 0 Å². The molecule has 0 bridgehead atoms. The van der Waals surface area contributed by atoms with Crippen molar-refractivity contribution >= 4 is 21.6 Å². The molecule has 1 saturated heterocycles. The Morgan fingerprint density at radius 2 is 2.24 bits per heavy atom. The smallest absolute Gasteiger partial charge is 0.245 e. The second-order valence-corrected chi connectivity index (χ2v) is 7.24. The molecule has 0 radical (unpaired) electrons. The molecular weight excluding hydrogens is 314 g/mol. The fourth-order valence-electron chi connectivity index (χ4n) is 2.49. The van der Waals surface area contributed by atoms with E-state index in [0.717, 1.165) is 6.42 Å². The number of rotatable bonds is 3. The van der Waals surface area contributed by atoms with E-state index in [9.17, 15) is 8.42 Å². The minimum atomic E-state index is -3.63. The van der Waals surface area contributed by atoms with E-state index in [2.05, 4.69) is 10.1 Å². The molecule has 0 saturated carbocycles. The zero-order valence-electron chi connectivity index (χ0n) is 11.4. The van der Waals surface area contributed by atoms with Crippen molar-refractivity contribution in [2.24, 2.45) is 0 Å². The van der Waals surface area contributed by atoms with Crippen molar-refractivity contribution < 1.29 is 12.9 Å². The molecule has 1 aliphatic heterocycles. The highest BCUT2D eigenvalue weighted by Gasteiger charge is 2.39. The lowest BCUT2D eigenvalue weighted by Gasteiger charge is -2.21. The molecule has 1 atom stereocenters. The lowest BCUT2D eigenvalue weighted by atomic mass is 10.2. The van der Waals surface area contributed by atoms with E-state index in [0.29, 0.717) is 29.7 Å². The van der Waals surface area contributed by atoms with Crippen LogP contribution in [0.2, 0.25) is 5.02 Å². The summed E-state index contributed by atoms with van der Waals surface area (Å²) in [5.74, 6) is 0.840. The first-order valence-electron chi connectivity index (χ1n) is 6.56. The van der Waals surface area contributed by atoms with Gasteiger partial charge in [0.1, 0.15) is 6.04 Å². The lowest BCUT2D eigenvalue weighted by Crippen LogP contribution is -2.30. The van der Waals surface area contributed by atoms with Gasteiger partial charge in [-0.25, -0.2) is 8.42 Å². The minimum Gasteiger partial charge on any atom is -0.338 e. The Morgan fingerprint density at radius 3 is 2.90 bits per heavy atom. The molecule has 2 heterocycles. The Balaban J connectivity index is 1.98. The molecular formula is C13H14ClN3O3S. The summed E-state index contributed by atoms with van der Waals surface area (Å²) in [6.45, 7) is 2.14. The van der Waals surface area contributed by atoms with Crippen LogP contribution in [0, 0.1) is 6.92 Å². The largest absolute Gasteiger partial charge is 0.338 e. The second kappa shape index (κ2) is 5.40. The van der Waals surface area contributed by atoms with E-state index in [-0.39, 0.29) is 4.90 Å². The van der Waals surface area contributed by atoms with Gasteiger partial charge in [-0.1, -0.05) is 22.8 Å². The SMILES string of the molecule is Cc1noc(C2CCCN2S(=O)(=O)c2cccc(Cl)c2)n1. The summed E-state index contributed by atoms with van der Waals surface area (Å²) in [4.78, 5) is 4.34. The zero-order chi connectivity index (χ0) is 15.0. The maximum Gasteiger partial charge on any atom is 0.245 e. The van der Waals surface area contributed by atoms with Crippen LogP contribution in [-0.4, -0.2) is 29.4 Å². The lowest BCUT2D eigenvalue weighted by molar-refractivity contribution is 0.289. The highest BCUT2D eigenvalue weighted by atomic mass is 35.5. The van der Waals surface area contributed by atoms with Gasteiger partial charge in [0.2, 0.25) is 15.9 Å². The molecule has 0 spiro atoms. The molecule has 1 aliphatic rings. The fraction of sp³-hybridized carbons (Fsp3) is 0.385. The maximum atomic E-state index is 12.8. The molecule has 1 unspecified atom stereocenters. The highest BCUT2D eigenvalue weighted by molar-refractivity contribution is 7.89. The standard InChI is InChI=1S/C13H14ClN3O3S/c1-9-15-13(20-16-9)12-6-3-7-17(12)21(18,19)11-5-2-4-10(14)8-11/h2,4-5,8,12H,3,6-7H2,1H3. The van der Waals surface area contributed by atoms with E-state index in [1.54, 1.807) is 19.1 Å². The van der Waals surface area contributed by atoms with Gasteiger partial charge in [-0.05, 0) is 38.0 Å². The van der Waals surface area contributed by atoms with Crippen molar-refractivity contribution in [2.75, 3.05) is 6.54 Å². The molecule has 3 rings (SSSR count). The average Bonchev–Trinajstić information content (AvgIpc) is 3.07. The number of aromatic nitrogens is 2. The Labute approximate surface area is 127 Å². The van der Waals surface area contributed by atoms with Crippen molar-refractivity contribution in [3.8, 4) is 0 Å². The number of hydrogen-bond donors (Lipinski definition) is 0. The van der Waals surface area contributed by atoms with E-state index < -0.39 is 16.1 Å². The normalized spacial score (nSPS) is 20.0. The summed E-state index contributed by atoms with van der Waals surface area (Å²) < 4.78 is 32.1. The van der Waals surface area contributed by atoms with Gasteiger partial charge in [-0.15, -0.1) is 0 Å². The molecule has 21 heavy (non-hydrogen) atoms. The van der Waals surface area contributed by atoms with E-state index >= 15 is 0 Å². The predicted molar refractivity (Wildman–Crippen MR) is 76.4 cm³/mol. The second-order valence-electron chi connectivity index (χ2n) is 4.91. The molecule has 0 amide bonds. The third-order valence-electron chi connectivity index (χ3n) is 3.43. The fourth-order valence-corrected chi connectivity index (χ4v) is 4.44. The van der Waals surface area contributed by atoms with E-state index in [1.807, 2.05) is 0 Å². The number of halogens is 1. The van der Waals surface area contributed by atoms with Gasteiger partial charge in [0.15, 0.2) is 5.82 Å². The molecule has 112 valence electrons. The van der Waals surface area contributed by atoms with Gasteiger partial charge in [0.05, 0.1) is 4.90 Å². The highest BCUT2D eigenvalue weighted by Crippen LogP contribution is 2.36. The molecule has 0 aliphatic carbocycles. The maximum absolute atomic E-state index is 12.8. The van der Waals surface area contributed by atoms with Crippen LogP contribution in [0.3, 0.4) is 0 Å². The summed E-state index contributed by atoms with van der Waals surface area (Å²) in [5, 5.41) is 4.13. The number of benzene rings is 1. The molecule has 0 N–H and O–H groups in total. The van der Waals surface area contributed by atoms with Crippen LogP contribution in [0.5, 0.6) is 0 Å². The van der Waals surface area contributed by atoms with Crippen molar-refractivity contribution in [3.63, 3.8) is 0 Å². The van der Waals surface area contributed by atoms with E-state index in [1.165, 1.54) is 16.4 Å². The molecule has 1 fully saturated rings. The third-order valence-corrected chi connectivity index (χ3v) is 5.57. The topological polar surface area (TPSA) is 76.3 Å². The van der Waals surface area contributed by atoms with Crippen LogP contribution in [0.4, 0.5) is 0 Å². The van der Waals surface area contributed by atoms with Crippen LogP contribution in [0.1, 0.15) is 30.6 Å². The Hall–Kier alpha value is -1.44. The number of aryl methyl sites for hydroxylation is 1. The van der Waals surface area contributed by atoms with Gasteiger partial charge in [-0.2, -0.15) is 9.29 Å². The Bertz CT molecular complexity index is 760. The van der Waals surface area contributed by atoms with Crippen molar-refractivity contribution in [1.82, 2.24) is 14.4 Å². The number of hydrogen-bond acceptors (Lipinski definition) is 5. The predicted octanol–water partition coefficient (Wildman–Crippen LogP) is 2.56. The van der Waals surface area contributed by atoms with E-state index in [4.69, 9.17) is 16.1 Å². The zero-order valence-corrected chi connectivity index (χ0v) is 12.9. The summed E-state index contributed by atoms with van der Waals surface area (Å²) >= 11 is 5.89. The van der Waals surface area contributed by atoms with Crippen LogP contribution in [-0.2, 0) is 10.0 Å². The minimum absolute atomic E-state index is 0.179. The molecule has 6 nitrogen and oxygen atoms in total. The van der Waals surface area contributed by atoms with Crippen LogP contribution in [0.15, 0.2) is 33.7 Å². The summed E-state index contributed by atoms with van der Waals surface area (Å²) in [7, 11) is -3.63. The van der Waals surface area contributed by atoms with Gasteiger partial charge in [-0.3, -0.25) is 0 Å². The molecule has 8 heteroatoms. The van der Waals surface area contributed by atoms with Crippen molar-refractivity contribution in [2.45, 2.75) is 30.7 Å². The Morgan fingerprint density at radius 1 is 1.43 bits per heavy atom. The van der Waals surface area contributed by atoms with Crippen molar-refractivity contribution in [3.05, 3.63) is 41.0 Å². The monoisotopic (exact) mass is 327 g/mol. The van der Waals surface area contributed by atoms with Gasteiger partial charge >= 0.3 is 0 Å². The summed E-state index contributed by atoms with van der Waals surface area (Å²) in [6, 6.07) is 5.84. The van der Waals surface area contributed by atoms with Crippen LogP contribution >= 0.6 is 11.6 Å². The van der Waals surface area contributed by atoms with Crippen molar-refractivity contribution in [1.29, 1.82) is 0 Å².